The quantitative estimate of drug-likeness (QED) is 0.162. The monoisotopic (exact) mass is 712 g/mol. The van der Waals surface area contributed by atoms with Crippen molar-refractivity contribution < 1.29 is 0 Å². The van der Waals surface area contributed by atoms with Crippen LogP contribution in [0.3, 0.4) is 0 Å². The summed E-state index contributed by atoms with van der Waals surface area (Å²) in [4.78, 5) is 0. The van der Waals surface area contributed by atoms with Gasteiger partial charge in [-0.3, -0.25) is 0 Å². The van der Waals surface area contributed by atoms with E-state index in [1.165, 1.54) is 93.8 Å². The van der Waals surface area contributed by atoms with Gasteiger partial charge in [0.25, 0.3) is 0 Å². The molecule has 0 aliphatic carbocycles. The molecule has 2 heterocycles. The van der Waals surface area contributed by atoms with Crippen LogP contribution in [-0.4, -0.2) is 9.13 Å². The number of nitrogens with zero attached hydrogens (tertiary/aromatic N) is 2. The van der Waals surface area contributed by atoms with Crippen LogP contribution in [0.25, 0.3) is 99.5 Å². The topological polar surface area (TPSA) is 9.86 Å². The van der Waals surface area contributed by atoms with Crippen LogP contribution in [0, 0.1) is 0 Å². The van der Waals surface area contributed by atoms with E-state index < -0.39 is 0 Å². The molecule has 0 unspecified atom stereocenters. The Hall–Kier alpha value is -7.42. The van der Waals surface area contributed by atoms with Crippen LogP contribution in [-0.2, 0) is 0 Å². The molecule has 2 nitrogen and oxygen atoms in total. The van der Waals surface area contributed by atoms with Crippen molar-refractivity contribution in [3.05, 3.63) is 218 Å². The molecular formula is C54H36N2. The van der Waals surface area contributed by atoms with Crippen LogP contribution in [0.5, 0.6) is 0 Å². The summed E-state index contributed by atoms with van der Waals surface area (Å²) in [5.74, 6) is 0. The Labute approximate surface area is 325 Å². The first kappa shape index (κ1) is 32.0. The van der Waals surface area contributed by atoms with E-state index in [1.54, 1.807) is 0 Å². The lowest BCUT2D eigenvalue weighted by atomic mass is 10.00. The molecule has 0 aliphatic rings. The van der Waals surface area contributed by atoms with Crippen molar-refractivity contribution in [1.82, 2.24) is 9.13 Å². The molecule has 9 aromatic carbocycles. The van der Waals surface area contributed by atoms with Crippen molar-refractivity contribution in [3.63, 3.8) is 0 Å². The zero-order valence-corrected chi connectivity index (χ0v) is 30.7. The summed E-state index contributed by atoms with van der Waals surface area (Å²) in [5.41, 5.74) is 16.8. The molecule has 0 amide bonds. The van der Waals surface area contributed by atoms with Crippen LogP contribution in [0.1, 0.15) is 0 Å². The molecule has 0 fully saturated rings. The molecule has 0 radical (unpaired) electrons. The van der Waals surface area contributed by atoms with Gasteiger partial charge in [-0.25, -0.2) is 0 Å². The van der Waals surface area contributed by atoms with Crippen molar-refractivity contribution in [3.8, 4) is 55.9 Å². The van der Waals surface area contributed by atoms with Gasteiger partial charge in [0.15, 0.2) is 0 Å². The van der Waals surface area contributed by atoms with Crippen molar-refractivity contribution in [2.45, 2.75) is 0 Å². The predicted octanol–water partition coefficient (Wildman–Crippen LogP) is 14.5. The van der Waals surface area contributed by atoms with Crippen LogP contribution in [0.2, 0.25) is 0 Å². The number of benzene rings is 9. The number of hydrogen-bond acceptors (Lipinski definition) is 0. The number of rotatable bonds is 6. The van der Waals surface area contributed by atoms with Crippen LogP contribution >= 0.6 is 0 Å². The molecule has 0 saturated heterocycles. The predicted molar refractivity (Wildman–Crippen MR) is 237 cm³/mol. The van der Waals surface area contributed by atoms with Gasteiger partial charge in [-0.2, -0.15) is 0 Å². The Bertz CT molecular complexity index is 3220. The van der Waals surface area contributed by atoms with E-state index in [0.29, 0.717) is 0 Å². The third-order valence-corrected chi connectivity index (χ3v) is 11.3. The second-order valence-electron chi connectivity index (χ2n) is 14.5. The van der Waals surface area contributed by atoms with Crippen molar-refractivity contribution >= 4 is 43.6 Å². The summed E-state index contributed by atoms with van der Waals surface area (Å²) in [6, 6.07) is 79.3. The fourth-order valence-electron chi connectivity index (χ4n) is 8.68. The first-order valence-corrected chi connectivity index (χ1v) is 19.3. The highest BCUT2D eigenvalue weighted by atomic mass is 15.0. The maximum atomic E-state index is 2.43. The molecule has 56 heavy (non-hydrogen) atoms. The largest absolute Gasteiger partial charge is 0.309 e. The fraction of sp³-hybridized carbons (Fsp3) is 0. The zero-order chi connectivity index (χ0) is 37.0. The Morgan fingerprint density at radius 2 is 0.661 bits per heavy atom. The van der Waals surface area contributed by atoms with Gasteiger partial charge >= 0.3 is 0 Å². The van der Waals surface area contributed by atoms with Gasteiger partial charge in [-0.05, 0) is 93.5 Å². The second kappa shape index (κ2) is 13.2. The summed E-state index contributed by atoms with van der Waals surface area (Å²) in [5, 5.41) is 4.99. The van der Waals surface area contributed by atoms with Crippen LogP contribution < -0.4 is 0 Å². The average molecular weight is 713 g/mol. The molecule has 2 heteroatoms. The zero-order valence-electron chi connectivity index (χ0n) is 30.7. The van der Waals surface area contributed by atoms with Gasteiger partial charge in [-0.15, -0.1) is 0 Å². The van der Waals surface area contributed by atoms with E-state index in [0.717, 1.165) is 5.69 Å². The second-order valence-corrected chi connectivity index (χ2v) is 14.5. The molecular weight excluding hydrogens is 677 g/mol. The minimum atomic E-state index is 1.15. The SMILES string of the molecule is c1ccc(-c2ccc(-c3cccc(-n4c5ccccc5c5cc(-c6ccc7c(c6)c6ccccc6n7-c6ccccc6-c6ccccc6)ccc54)c3)cc2)cc1. The maximum Gasteiger partial charge on any atom is 0.0541 e. The van der Waals surface area contributed by atoms with E-state index in [-0.39, 0.29) is 0 Å². The molecule has 0 bridgehead atoms. The van der Waals surface area contributed by atoms with Gasteiger partial charge < -0.3 is 9.13 Å². The molecule has 0 saturated carbocycles. The number of aromatic nitrogens is 2. The van der Waals surface area contributed by atoms with E-state index in [4.69, 9.17) is 0 Å². The molecule has 11 rings (SSSR count). The highest BCUT2D eigenvalue weighted by Crippen LogP contribution is 2.40. The van der Waals surface area contributed by atoms with E-state index in [1.807, 2.05) is 0 Å². The van der Waals surface area contributed by atoms with E-state index in [9.17, 15) is 0 Å². The first-order valence-electron chi connectivity index (χ1n) is 19.3. The summed E-state index contributed by atoms with van der Waals surface area (Å²) in [7, 11) is 0. The lowest BCUT2D eigenvalue weighted by Gasteiger charge is -2.14. The van der Waals surface area contributed by atoms with Gasteiger partial charge in [-0.1, -0.05) is 164 Å². The standard InChI is InChI=1S/C54H36N2/c1-3-14-37(15-4-1)38-26-28-39(29-27-38)41-18-13-19-44(34-41)55-51-24-11-8-21-46(51)48-35-42(30-32-53(48)55)43-31-33-54-49(36-43)47-22-9-12-25-52(47)56(54)50-23-10-7-20-45(50)40-16-5-2-6-17-40/h1-36H. The Morgan fingerprint density at radius 1 is 0.232 bits per heavy atom. The molecule has 262 valence electrons. The number of hydrogen-bond donors (Lipinski definition) is 0. The van der Waals surface area contributed by atoms with Crippen molar-refractivity contribution in [1.29, 1.82) is 0 Å². The average Bonchev–Trinajstić information content (AvgIpc) is 3.79. The smallest absolute Gasteiger partial charge is 0.0541 e. The fourth-order valence-corrected chi connectivity index (χ4v) is 8.68. The van der Waals surface area contributed by atoms with Crippen LogP contribution in [0.4, 0.5) is 0 Å². The van der Waals surface area contributed by atoms with Crippen molar-refractivity contribution in [2.24, 2.45) is 0 Å². The molecule has 0 N–H and O–H groups in total. The first-order chi connectivity index (χ1) is 27.8. The summed E-state index contributed by atoms with van der Waals surface area (Å²) in [6.45, 7) is 0. The third kappa shape index (κ3) is 5.26. The highest BCUT2D eigenvalue weighted by molar-refractivity contribution is 6.13. The molecule has 0 spiro atoms. The summed E-state index contributed by atoms with van der Waals surface area (Å²) < 4.78 is 4.84. The normalized spacial score (nSPS) is 11.6. The third-order valence-electron chi connectivity index (χ3n) is 11.3. The minimum absolute atomic E-state index is 1.15. The van der Waals surface area contributed by atoms with Crippen molar-refractivity contribution in [2.75, 3.05) is 0 Å². The molecule has 0 aliphatic heterocycles. The summed E-state index contributed by atoms with van der Waals surface area (Å²) in [6.07, 6.45) is 0. The number of fused-ring (bicyclic) bond motifs is 6. The van der Waals surface area contributed by atoms with Gasteiger partial charge in [0.05, 0.1) is 27.8 Å². The van der Waals surface area contributed by atoms with E-state index in [2.05, 4.69) is 228 Å². The lowest BCUT2D eigenvalue weighted by molar-refractivity contribution is 1.18. The maximum absolute atomic E-state index is 2.43. The van der Waals surface area contributed by atoms with Gasteiger partial charge in [0.1, 0.15) is 0 Å². The molecule has 0 atom stereocenters. The lowest BCUT2D eigenvalue weighted by Crippen LogP contribution is -1.97. The Balaban J connectivity index is 1.02. The van der Waals surface area contributed by atoms with Gasteiger partial charge in [0.2, 0.25) is 0 Å². The molecule has 2 aromatic heterocycles. The Morgan fingerprint density at radius 3 is 1.32 bits per heavy atom. The van der Waals surface area contributed by atoms with E-state index >= 15 is 0 Å². The molecule has 11 aromatic rings. The highest BCUT2D eigenvalue weighted by Gasteiger charge is 2.18. The summed E-state index contributed by atoms with van der Waals surface area (Å²) >= 11 is 0. The Kier molecular flexibility index (Phi) is 7.53. The van der Waals surface area contributed by atoms with Gasteiger partial charge in [0, 0.05) is 32.8 Å². The van der Waals surface area contributed by atoms with Crippen LogP contribution in [0.15, 0.2) is 218 Å². The number of para-hydroxylation sites is 3. The minimum Gasteiger partial charge on any atom is -0.309 e.